The van der Waals surface area contributed by atoms with Gasteiger partial charge in [-0.05, 0) is 31.0 Å². The fraction of sp³-hybridized carbons (Fsp3) is 0.632. The highest BCUT2D eigenvalue weighted by atomic mass is 16.7. The molecule has 1 aromatic carbocycles. The first-order chi connectivity index (χ1) is 12.1. The number of carbonyl (C=O) groups is 1. The van der Waals surface area contributed by atoms with Crippen molar-refractivity contribution in [2.45, 2.75) is 39.3 Å². The van der Waals surface area contributed by atoms with Crippen molar-refractivity contribution in [2.75, 3.05) is 39.5 Å². The monoisotopic (exact) mass is 347 g/mol. The minimum Gasteiger partial charge on any atom is -0.454 e. The number of carbonyl (C=O) groups excluding carboxylic acids is 1. The number of rotatable bonds is 7. The van der Waals surface area contributed by atoms with Gasteiger partial charge in [0.05, 0.1) is 0 Å². The minimum atomic E-state index is 0.164. The molecule has 25 heavy (non-hydrogen) atoms. The van der Waals surface area contributed by atoms with Gasteiger partial charge in [0.15, 0.2) is 11.5 Å². The van der Waals surface area contributed by atoms with Crippen LogP contribution in [0.1, 0.15) is 32.3 Å². The lowest BCUT2D eigenvalue weighted by atomic mass is 10.1. The molecule has 1 amide bonds. The summed E-state index contributed by atoms with van der Waals surface area (Å²) >= 11 is 0. The first-order valence-corrected chi connectivity index (χ1v) is 9.26. The van der Waals surface area contributed by atoms with Crippen molar-refractivity contribution >= 4 is 5.91 Å². The Morgan fingerprint density at radius 1 is 1.16 bits per heavy atom. The third-order valence-electron chi connectivity index (χ3n) is 4.98. The Labute approximate surface area is 150 Å². The number of nitrogens with zero attached hydrogens (tertiary/aromatic N) is 2. The van der Waals surface area contributed by atoms with E-state index in [-0.39, 0.29) is 11.9 Å². The van der Waals surface area contributed by atoms with E-state index < -0.39 is 0 Å². The molecule has 0 saturated carbocycles. The molecule has 1 saturated heterocycles. The van der Waals surface area contributed by atoms with E-state index in [1.54, 1.807) is 0 Å². The molecular weight excluding hydrogens is 318 g/mol. The van der Waals surface area contributed by atoms with E-state index in [0.717, 1.165) is 57.2 Å². The third-order valence-corrected chi connectivity index (χ3v) is 4.98. The molecule has 0 aromatic heterocycles. The molecule has 0 aliphatic carbocycles. The van der Waals surface area contributed by atoms with Gasteiger partial charge >= 0.3 is 0 Å². The highest BCUT2D eigenvalue weighted by Gasteiger charge is 2.19. The molecule has 3 rings (SSSR count). The van der Waals surface area contributed by atoms with Crippen molar-refractivity contribution in [1.82, 2.24) is 15.1 Å². The lowest BCUT2D eigenvalue weighted by molar-refractivity contribution is -0.122. The van der Waals surface area contributed by atoms with Crippen molar-refractivity contribution in [1.29, 1.82) is 0 Å². The van der Waals surface area contributed by atoms with Crippen LogP contribution in [0.4, 0.5) is 0 Å². The van der Waals surface area contributed by atoms with Gasteiger partial charge in [0.1, 0.15) is 0 Å². The average Bonchev–Trinajstić information content (AvgIpc) is 3.09. The molecule has 1 atom stereocenters. The Hall–Kier alpha value is -1.79. The maximum atomic E-state index is 11.9. The second-order valence-corrected chi connectivity index (χ2v) is 6.93. The van der Waals surface area contributed by atoms with E-state index in [9.17, 15) is 4.79 Å². The van der Waals surface area contributed by atoms with Crippen molar-refractivity contribution < 1.29 is 14.3 Å². The molecule has 2 heterocycles. The summed E-state index contributed by atoms with van der Waals surface area (Å²) in [5, 5.41) is 3.03. The van der Waals surface area contributed by atoms with Crippen LogP contribution in [0.3, 0.4) is 0 Å². The largest absolute Gasteiger partial charge is 0.454 e. The number of nitrogens with one attached hydrogen (secondary N) is 1. The van der Waals surface area contributed by atoms with Crippen LogP contribution in [0.5, 0.6) is 11.5 Å². The predicted octanol–water partition coefficient (Wildman–Crippen LogP) is 1.84. The zero-order chi connectivity index (χ0) is 17.6. The molecule has 1 aromatic rings. The van der Waals surface area contributed by atoms with Crippen LogP contribution in [-0.4, -0.2) is 61.3 Å². The van der Waals surface area contributed by atoms with Crippen LogP contribution in [-0.2, 0) is 11.3 Å². The highest BCUT2D eigenvalue weighted by Crippen LogP contribution is 2.32. The van der Waals surface area contributed by atoms with Crippen molar-refractivity contribution in [2.24, 2.45) is 0 Å². The van der Waals surface area contributed by atoms with E-state index in [2.05, 4.69) is 34.2 Å². The van der Waals surface area contributed by atoms with Gasteiger partial charge in [0.25, 0.3) is 0 Å². The topological polar surface area (TPSA) is 54.0 Å². The van der Waals surface area contributed by atoms with Gasteiger partial charge in [-0.25, -0.2) is 0 Å². The zero-order valence-corrected chi connectivity index (χ0v) is 15.3. The summed E-state index contributed by atoms with van der Waals surface area (Å²) in [6.45, 7) is 10.3. The van der Waals surface area contributed by atoms with E-state index in [1.165, 1.54) is 5.56 Å². The number of piperazine rings is 1. The number of amides is 1. The number of ether oxygens (including phenoxy) is 2. The zero-order valence-electron chi connectivity index (χ0n) is 15.3. The van der Waals surface area contributed by atoms with Crippen LogP contribution < -0.4 is 14.8 Å². The SMILES string of the molecule is CCC(C)NC(=O)CCN1CCN(Cc2ccc3c(c2)OCO3)CC1. The molecule has 1 unspecified atom stereocenters. The third kappa shape index (κ3) is 5.09. The van der Waals surface area contributed by atoms with Gasteiger partial charge in [-0.1, -0.05) is 13.0 Å². The minimum absolute atomic E-state index is 0.164. The molecular formula is C19H29N3O3. The Balaban J connectivity index is 1.38. The predicted molar refractivity (Wildman–Crippen MR) is 96.8 cm³/mol. The fourth-order valence-electron chi connectivity index (χ4n) is 3.18. The second-order valence-electron chi connectivity index (χ2n) is 6.93. The average molecular weight is 347 g/mol. The molecule has 2 aliphatic rings. The summed E-state index contributed by atoms with van der Waals surface area (Å²) in [6, 6.07) is 6.45. The lowest BCUT2D eigenvalue weighted by Crippen LogP contribution is -2.47. The van der Waals surface area contributed by atoms with Gasteiger partial charge < -0.3 is 19.7 Å². The quantitative estimate of drug-likeness (QED) is 0.816. The summed E-state index contributed by atoms with van der Waals surface area (Å²) in [5.41, 5.74) is 1.26. The Morgan fingerprint density at radius 2 is 1.88 bits per heavy atom. The lowest BCUT2D eigenvalue weighted by Gasteiger charge is -2.34. The number of fused-ring (bicyclic) bond motifs is 1. The van der Waals surface area contributed by atoms with Gasteiger partial charge in [-0.2, -0.15) is 0 Å². The summed E-state index contributed by atoms with van der Waals surface area (Å²) in [5.74, 6) is 1.85. The first-order valence-electron chi connectivity index (χ1n) is 9.26. The van der Waals surface area contributed by atoms with Gasteiger partial charge in [-0.15, -0.1) is 0 Å². The normalized spacial score (nSPS) is 19.0. The van der Waals surface area contributed by atoms with Crippen molar-refractivity contribution in [3.63, 3.8) is 0 Å². The smallest absolute Gasteiger partial charge is 0.231 e. The van der Waals surface area contributed by atoms with Crippen LogP contribution >= 0.6 is 0 Å². The maximum absolute atomic E-state index is 11.9. The second kappa shape index (κ2) is 8.54. The van der Waals surface area contributed by atoms with E-state index in [0.29, 0.717) is 13.2 Å². The van der Waals surface area contributed by atoms with Crippen molar-refractivity contribution in [3.05, 3.63) is 23.8 Å². The van der Waals surface area contributed by atoms with Gasteiger partial charge in [-0.3, -0.25) is 9.69 Å². The summed E-state index contributed by atoms with van der Waals surface area (Å²) < 4.78 is 10.8. The van der Waals surface area contributed by atoms with Gasteiger partial charge in [0.2, 0.25) is 12.7 Å². The van der Waals surface area contributed by atoms with Crippen LogP contribution in [0.2, 0.25) is 0 Å². The molecule has 2 aliphatic heterocycles. The molecule has 1 fully saturated rings. The maximum Gasteiger partial charge on any atom is 0.231 e. The molecule has 1 N–H and O–H groups in total. The molecule has 0 bridgehead atoms. The van der Waals surface area contributed by atoms with Crippen LogP contribution in [0.25, 0.3) is 0 Å². The molecule has 138 valence electrons. The van der Waals surface area contributed by atoms with E-state index >= 15 is 0 Å². The van der Waals surface area contributed by atoms with E-state index in [4.69, 9.17) is 9.47 Å². The fourth-order valence-corrected chi connectivity index (χ4v) is 3.18. The molecule has 0 radical (unpaired) electrons. The standard InChI is InChI=1S/C19H29N3O3/c1-3-15(2)20-19(23)6-7-21-8-10-22(11-9-21)13-16-4-5-17-18(12-16)25-14-24-17/h4-5,12,15H,3,6-11,13-14H2,1-2H3,(H,20,23). The summed E-state index contributed by atoms with van der Waals surface area (Å²) in [7, 11) is 0. The molecule has 6 nitrogen and oxygen atoms in total. The van der Waals surface area contributed by atoms with Crippen LogP contribution in [0.15, 0.2) is 18.2 Å². The summed E-state index contributed by atoms with van der Waals surface area (Å²) in [4.78, 5) is 16.7. The van der Waals surface area contributed by atoms with Gasteiger partial charge in [0, 0.05) is 51.7 Å². The number of benzene rings is 1. The number of hydrogen-bond acceptors (Lipinski definition) is 5. The van der Waals surface area contributed by atoms with E-state index in [1.807, 2.05) is 13.0 Å². The Bertz CT molecular complexity index is 585. The number of hydrogen-bond donors (Lipinski definition) is 1. The highest BCUT2D eigenvalue weighted by molar-refractivity contribution is 5.76. The molecule has 0 spiro atoms. The summed E-state index contributed by atoms with van der Waals surface area (Å²) in [6.07, 6.45) is 1.57. The molecule has 6 heteroatoms. The van der Waals surface area contributed by atoms with Crippen molar-refractivity contribution in [3.8, 4) is 11.5 Å². The Morgan fingerprint density at radius 3 is 2.64 bits per heavy atom. The Kier molecular flexibility index (Phi) is 6.15. The van der Waals surface area contributed by atoms with Crippen LogP contribution in [0, 0.1) is 0 Å². The first kappa shape index (κ1) is 18.0.